The summed E-state index contributed by atoms with van der Waals surface area (Å²) in [6.45, 7) is 25.0. The molecule has 0 spiro atoms. The van der Waals surface area contributed by atoms with E-state index in [1.807, 2.05) is 33.8 Å². The minimum Gasteiger partial charge on any atom is -0.468 e. The molecule has 12 aliphatic rings. The van der Waals surface area contributed by atoms with Crippen LogP contribution in [0.1, 0.15) is 174 Å². The molecule has 12 fully saturated rings. The smallest absolute Gasteiger partial charge is 0.350 e. The van der Waals surface area contributed by atoms with Crippen LogP contribution in [0.5, 0.6) is 0 Å². The van der Waals surface area contributed by atoms with Gasteiger partial charge in [-0.2, -0.15) is 10.5 Å². The summed E-state index contributed by atoms with van der Waals surface area (Å²) in [5.74, 6) is -7.43. The predicted molar refractivity (Wildman–Crippen MR) is 329 cm³/mol. The van der Waals surface area contributed by atoms with Gasteiger partial charge in [-0.15, -0.1) is 0 Å². The fourth-order valence-corrected chi connectivity index (χ4v) is 15.4. The molecule has 544 valence electrons. The average Bonchev–Trinajstić information content (AvgIpc) is 1.52. The molecule has 6 heterocycles. The maximum Gasteiger partial charge on any atom is 0.350 e. The van der Waals surface area contributed by atoms with Crippen LogP contribution in [0.2, 0.25) is 0 Å². The van der Waals surface area contributed by atoms with Gasteiger partial charge >= 0.3 is 77.6 Å². The molecule has 21 unspecified atom stereocenters. The van der Waals surface area contributed by atoms with E-state index in [-0.39, 0.29) is 66.3 Å². The number of carbonyl (C=O) groups excluding carboxylic acids is 13. The molecule has 29 nitrogen and oxygen atoms in total. The van der Waals surface area contributed by atoms with Crippen LogP contribution in [0.4, 0.5) is 0 Å². The van der Waals surface area contributed by atoms with Crippen LogP contribution in [0, 0.1) is 102 Å². The summed E-state index contributed by atoms with van der Waals surface area (Å²) in [5, 5.41) is 18.7. The van der Waals surface area contributed by atoms with Gasteiger partial charge in [0.15, 0.2) is 47.8 Å². The number of nitrogens with zero attached hydrogens (tertiary/aromatic N) is 2. The van der Waals surface area contributed by atoms with Gasteiger partial charge in [-0.25, -0.2) is 19.2 Å². The normalized spacial score (nSPS) is 35.3. The highest BCUT2D eigenvalue weighted by molar-refractivity contribution is 6.03. The number of ether oxygens (including phenoxy) is 14. The second-order valence-electron chi connectivity index (χ2n) is 31.3. The zero-order valence-electron chi connectivity index (χ0n) is 59.0. The van der Waals surface area contributed by atoms with Crippen LogP contribution < -0.4 is 0 Å². The quantitative estimate of drug-likeness (QED) is 0.0781. The topological polar surface area (TPSA) is 399 Å². The maximum absolute atomic E-state index is 12.6. The van der Waals surface area contributed by atoms with Crippen molar-refractivity contribution in [3.8, 4) is 12.1 Å². The largest absolute Gasteiger partial charge is 0.468 e. The Morgan fingerprint density at radius 1 is 0.525 bits per heavy atom. The number of rotatable bonds is 21. The van der Waals surface area contributed by atoms with E-state index in [2.05, 4.69) is 6.07 Å². The molecular formula is C70H92N2O27. The van der Waals surface area contributed by atoms with Gasteiger partial charge in [0.25, 0.3) is 0 Å². The van der Waals surface area contributed by atoms with E-state index in [0.29, 0.717) is 44.9 Å². The Balaban J connectivity index is 0.000000154. The van der Waals surface area contributed by atoms with E-state index in [1.54, 1.807) is 55.4 Å². The van der Waals surface area contributed by atoms with Crippen LogP contribution in [-0.4, -0.2) is 171 Å². The monoisotopic (exact) mass is 1390 g/mol. The molecule has 29 heteroatoms. The van der Waals surface area contributed by atoms with Gasteiger partial charge in [-0.1, -0.05) is 27.7 Å². The average molecular weight is 1390 g/mol. The molecule has 12 rings (SSSR count). The van der Waals surface area contributed by atoms with Crippen molar-refractivity contribution in [1.82, 2.24) is 0 Å². The zero-order valence-corrected chi connectivity index (χ0v) is 59.0. The number of carbonyl (C=O) groups is 13. The summed E-state index contributed by atoms with van der Waals surface area (Å²) in [6.07, 6.45) is -0.999. The lowest BCUT2D eigenvalue weighted by Gasteiger charge is -2.32. The fraction of sp³-hybridized carbons (Fsp3) is 0.786. The summed E-state index contributed by atoms with van der Waals surface area (Å²) >= 11 is 0. The number of hydrogen-bond donors (Lipinski definition) is 0. The molecule has 0 aromatic heterocycles. The van der Waals surface area contributed by atoms with E-state index in [0.717, 1.165) is 12.8 Å². The second kappa shape index (κ2) is 27.2. The minimum atomic E-state index is -1.44. The van der Waals surface area contributed by atoms with Gasteiger partial charge in [0.05, 0.1) is 46.8 Å². The molecule has 6 saturated heterocycles. The number of hydrogen-bond acceptors (Lipinski definition) is 29. The van der Waals surface area contributed by atoms with E-state index in [9.17, 15) is 72.9 Å². The lowest BCUT2D eigenvalue weighted by Crippen LogP contribution is -2.47. The van der Waals surface area contributed by atoms with Gasteiger partial charge in [-0.3, -0.25) is 43.2 Å². The first-order chi connectivity index (χ1) is 46.1. The zero-order chi connectivity index (χ0) is 73.4. The maximum atomic E-state index is 12.6. The van der Waals surface area contributed by atoms with Crippen molar-refractivity contribution in [2.24, 2.45) is 79.3 Å². The van der Waals surface area contributed by atoms with Gasteiger partial charge in [0.2, 0.25) is 5.60 Å². The van der Waals surface area contributed by atoms with Crippen molar-refractivity contribution in [3.63, 3.8) is 0 Å². The number of methoxy groups -OCH3 is 1. The Morgan fingerprint density at radius 3 is 1.58 bits per heavy atom. The predicted octanol–water partition coefficient (Wildman–Crippen LogP) is 5.47. The number of esters is 13. The molecule has 21 atom stereocenters. The van der Waals surface area contributed by atoms with E-state index in [4.69, 9.17) is 66.3 Å². The van der Waals surface area contributed by atoms with Crippen LogP contribution >= 0.6 is 0 Å². The standard InChI is InChI=1S/C19H25NO6.C18H24O8.C17H24O6.C16H19NO7/c1-6-17(2,3)14(21)26-18(4,5)15(22)24-12-10-7-11-13(12)25-16(23)19(11,8-10)9-20;1-5-17(2,3)14(20)24-8-11(19)25-12-9-6-10-13(12)26-16(22)18(10,7-9)15(21)23-4;1-5-17(3,4)16(20)21-8(2)14(18)22-12-9-6-10-11(7-9)15(19)23-13(10)12;1-4-15(2,3)13(19)21-6-9(18)23-10-8-5-16(7-17)12(22-8)11(10)24-14(16)20/h10-13H,6-8H2,1-5H3;9-10,12-13H,5-8H2,1-4H3;8-13H,5-7H2,1-4H3;8,10-12H,4-6H2,1-3H3. The third kappa shape index (κ3) is 13.2. The van der Waals surface area contributed by atoms with Crippen molar-refractivity contribution in [2.45, 2.75) is 247 Å². The van der Waals surface area contributed by atoms with Crippen molar-refractivity contribution < 1.29 is 129 Å². The van der Waals surface area contributed by atoms with Gasteiger partial charge in [0.1, 0.15) is 48.8 Å². The van der Waals surface area contributed by atoms with Crippen LogP contribution in [-0.2, 0) is 129 Å². The minimum absolute atomic E-state index is 0.0134. The summed E-state index contributed by atoms with van der Waals surface area (Å²) < 4.78 is 74.2. The van der Waals surface area contributed by atoms with Crippen LogP contribution in [0.25, 0.3) is 0 Å². The third-order valence-corrected chi connectivity index (χ3v) is 23.3. The molecule has 0 aromatic carbocycles. The first-order valence-corrected chi connectivity index (χ1v) is 34.1. The molecule has 0 amide bonds. The van der Waals surface area contributed by atoms with Gasteiger partial charge < -0.3 is 66.3 Å². The summed E-state index contributed by atoms with van der Waals surface area (Å²) in [4.78, 5) is 157. The summed E-state index contributed by atoms with van der Waals surface area (Å²) in [7, 11) is 1.24. The fourth-order valence-electron chi connectivity index (χ4n) is 15.4. The van der Waals surface area contributed by atoms with E-state index < -0.39 is 189 Å². The SMILES string of the molecule is CCC(C)(C)C(=O)OC(C)(C)C(=O)OC1C2CC3C1OC(=O)C3(C#N)C2.CCC(C)(C)C(=O)OC(C)C(=O)OC1C2CC3C(=O)OC1C3C2.CCC(C)(C)C(=O)OCC(=O)OC1C2CC3(C#N)C(=O)OC1C3O2.CCC(C)(C)C(=O)OCC(=O)OC1C2CC3C1OC(=O)C3(C(=O)OC)C2. The highest BCUT2D eigenvalue weighted by Crippen LogP contribution is 2.64. The lowest BCUT2D eigenvalue weighted by molar-refractivity contribution is -0.192. The van der Waals surface area contributed by atoms with Gasteiger partial charge in [0, 0.05) is 41.9 Å². The molecule has 99 heavy (non-hydrogen) atoms. The molecule has 8 bridgehead atoms. The first-order valence-electron chi connectivity index (χ1n) is 34.1. The van der Waals surface area contributed by atoms with Crippen molar-refractivity contribution in [3.05, 3.63) is 0 Å². The molecular weight excluding hydrogens is 1300 g/mol. The highest BCUT2D eigenvalue weighted by atomic mass is 16.7. The summed E-state index contributed by atoms with van der Waals surface area (Å²) in [6, 6.07) is 4.10. The van der Waals surface area contributed by atoms with Crippen molar-refractivity contribution >= 4 is 77.6 Å². The number of nitriles is 2. The molecule has 6 aliphatic carbocycles. The lowest BCUT2D eigenvalue weighted by atomic mass is 9.73. The van der Waals surface area contributed by atoms with Crippen LogP contribution in [0.15, 0.2) is 0 Å². The Hall–Kier alpha value is -7.95. The third-order valence-electron chi connectivity index (χ3n) is 23.3. The Kier molecular flexibility index (Phi) is 20.7. The van der Waals surface area contributed by atoms with E-state index >= 15 is 0 Å². The molecule has 0 aromatic rings. The van der Waals surface area contributed by atoms with Crippen LogP contribution in [0.3, 0.4) is 0 Å². The second-order valence-corrected chi connectivity index (χ2v) is 31.3. The molecule has 6 aliphatic heterocycles. The molecule has 6 saturated carbocycles. The van der Waals surface area contributed by atoms with Gasteiger partial charge in [-0.05, 0) is 140 Å². The number of fused-ring (bicyclic) bond motifs is 4. The van der Waals surface area contributed by atoms with E-state index in [1.165, 1.54) is 27.9 Å². The highest BCUT2D eigenvalue weighted by Gasteiger charge is 2.77. The Labute approximate surface area is 573 Å². The first kappa shape index (κ1) is 75.3. The Bertz CT molecular complexity index is 3410. The Morgan fingerprint density at radius 2 is 1.01 bits per heavy atom. The summed E-state index contributed by atoms with van der Waals surface area (Å²) in [5.41, 5.74) is -7.74. The molecule has 0 radical (unpaired) electrons. The van der Waals surface area contributed by atoms with Crippen molar-refractivity contribution in [2.75, 3.05) is 20.3 Å². The van der Waals surface area contributed by atoms with Crippen molar-refractivity contribution in [1.29, 1.82) is 10.5 Å². The molecule has 0 N–H and O–H groups in total.